The van der Waals surface area contributed by atoms with Crippen molar-refractivity contribution in [3.63, 3.8) is 0 Å². The van der Waals surface area contributed by atoms with E-state index in [1.807, 2.05) is 12.3 Å². The molecule has 2 heterocycles. The quantitative estimate of drug-likeness (QED) is 0.773. The first kappa shape index (κ1) is 12.2. The molecule has 5 nitrogen and oxygen atoms in total. The zero-order chi connectivity index (χ0) is 12.3. The molecule has 0 spiro atoms. The fourth-order valence-electron chi connectivity index (χ4n) is 1.91. The highest BCUT2D eigenvalue weighted by Crippen LogP contribution is 2.12. The molecular formula is C11H15N3O2S. The predicted molar refractivity (Wildman–Crippen MR) is 64.6 cm³/mol. The lowest BCUT2D eigenvalue weighted by Gasteiger charge is -2.12. The third-order valence-electron chi connectivity index (χ3n) is 2.82. The largest absolute Gasteiger partial charge is 0.305 e. The summed E-state index contributed by atoms with van der Waals surface area (Å²) in [6.45, 7) is 2.94. The first-order valence-corrected chi connectivity index (χ1v) is 6.61. The van der Waals surface area contributed by atoms with Crippen LogP contribution in [-0.2, 0) is 16.0 Å². The number of likely N-dealkylation sites (tertiary alicyclic amines) is 1. The molecule has 2 rings (SSSR count). The van der Waals surface area contributed by atoms with Gasteiger partial charge in [0, 0.05) is 24.9 Å². The van der Waals surface area contributed by atoms with E-state index in [1.165, 1.54) is 4.90 Å². The first-order valence-electron chi connectivity index (χ1n) is 5.67. The van der Waals surface area contributed by atoms with E-state index in [1.54, 1.807) is 16.8 Å². The molecule has 1 unspecified atom stereocenters. The van der Waals surface area contributed by atoms with Crippen LogP contribution in [0.5, 0.6) is 0 Å². The smallest absolute Gasteiger partial charge is 0.246 e. The van der Waals surface area contributed by atoms with E-state index >= 15 is 0 Å². The number of hydrogen-bond donors (Lipinski definition) is 1. The number of carbonyl (C=O) groups is 2. The van der Waals surface area contributed by atoms with Gasteiger partial charge in [0.1, 0.15) is 0 Å². The first-order chi connectivity index (χ1) is 8.22. The molecule has 1 aliphatic rings. The molecule has 1 aromatic heterocycles. The molecule has 1 saturated heterocycles. The van der Waals surface area contributed by atoms with Gasteiger partial charge in [-0.2, -0.15) is 0 Å². The molecule has 92 valence electrons. The fraction of sp³-hybridized carbons (Fsp3) is 0.545. The molecule has 1 atom stereocenters. The monoisotopic (exact) mass is 253 g/mol. The summed E-state index contributed by atoms with van der Waals surface area (Å²) in [4.78, 5) is 28.7. The van der Waals surface area contributed by atoms with Gasteiger partial charge in [0.15, 0.2) is 0 Å². The van der Waals surface area contributed by atoms with Crippen LogP contribution in [0.3, 0.4) is 0 Å². The number of rotatable bonds is 5. The van der Waals surface area contributed by atoms with Crippen molar-refractivity contribution in [1.82, 2.24) is 15.2 Å². The molecule has 0 radical (unpaired) electrons. The number of thiazole rings is 1. The van der Waals surface area contributed by atoms with Gasteiger partial charge in [-0.25, -0.2) is 4.98 Å². The molecule has 0 aromatic carbocycles. The van der Waals surface area contributed by atoms with Crippen LogP contribution in [0.25, 0.3) is 0 Å². The number of aromatic nitrogens is 1. The van der Waals surface area contributed by atoms with Gasteiger partial charge in [0.2, 0.25) is 11.8 Å². The predicted octanol–water partition coefficient (Wildman–Crippen LogP) is 0.423. The summed E-state index contributed by atoms with van der Waals surface area (Å²) < 4.78 is 0. The summed E-state index contributed by atoms with van der Waals surface area (Å²) in [5, 5.41) is 5.10. The van der Waals surface area contributed by atoms with Crippen molar-refractivity contribution >= 4 is 23.2 Å². The summed E-state index contributed by atoms with van der Waals surface area (Å²) in [5.41, 5.74) is 2.81. The second kappa shape index (κ2) is 5.37. The Morgan fingerprint density at radius 3 is 3.00 bits per heavy atom. The summed E-state index contributed by atoms with van der Waals surface area (Å²) in [7, 11) is 0. The van der Waals surface area contributed by atoms with Crippen molar-refractivity contribution in [2.45, 2.75) is 25.8 Å². The highest BCUT2D eigenvalue weighted by atomic mass is 32.1. The number of nitrogens with zero attached hydrogens (tertiary/aromatic N) is 2. The lowest BCUT2D eigenvalue weighted by Crippen LogP contribution is -2.39. The van der Waals surface area contributed by atoms with Gasteiger partial charge in [-0.1, -0.05) is 0 Å². The van der Waals surface area contributed by atoms with Crippen LogP contribution in [0.1, 0.15) is 19.0 Å². The van der Waals surface area contributed by atoms with Gasteiger partial charge in [-0.3, -0.25) is 14.5 Å². The van der Waals surface area contributed by atoms with Crippen molar-refractivity contribution in [2.24, 2.45) is 0 Å². The lowest BCUT2D eigenvalue weighted by molar-refractivity contribution is -0.138. The molecule has 1 aromatic rings. The van der Waals surface area contributed by atoms with Crippen LogP contribution in [0, 0.1) is 0 Å². The normalized spacial score (nSPS) is 20.3. The molecule has 0 bridgehead atoms. The Kier molecular flexibility index (Phi) is 3.86. The van der Waals surface area contributed by atoms with Crippen molar-refractivity contribution in [3.8, 4) is 0 Å². The molecule has 0 aliphatic carbocycles. The Morgan fingerprint density at radius 1 is 1.59 bits per heavy atom. The Labute approximate surface area is 104 Å². The Bertz CT molecular complexity index is 405. The van der Waals surface area contributed by atoms with E-state index in [-0.39, 0.29) is 24.3 Å². The average molecular weight is 253 g/mol. The molecule has 1 fully saturated rings. The minimum Gasteiger partial charge on any atom is -0.305 e. The lowest BCUT2D eigenvalue weighted by atomic mass is 10.2. The van der Waals surface area contributed by atoms with Gasteiger partial charge >= 0.3 is 0 Å². The van der Waals surface area contributed by atoms with E-state index in [0.29, 0.717) is 13.1 Å². The van der Waals surface area contributed by atoms with E-state index in [2.05, 4.69) is 10.3 Å². The highest BCUT2D eigenvalue weighted by Gasteiger charge is 2.36. The van der Waals surface area contributed by atoms with Gasteiger partial charge in [0.25, 0.3) is 0 Å². The molecule has 2 amide bonds. The number of nitrogens with one attached hydrogen (secondary N) is 1. The van der Waals surface area contributed by atoms with Crippen molar-refractivity contribution in [2.75, 3.05) is 13.1 Å². The Balaban J connectivity index is 1.80. The molecule has 1 N–H and O–H groups in total. The molecule has 17 heavy (non-hydrogen) atoms. The van der Waals surface area contributed by atoms with Crippen LogP contribution in [0.15, 0.2) is 10.9 Å². The van der Waals surface area contributed by atoms with E-state index in [0.717, 1.165) is 12.1 Å². The average Bonchev–Trinajstić information content (AvgIpc) is 2.89. The highest BCUT2D eigenvalue weighted by molar-refractivity contribution is 7.07. The summed E-state index contributed by atoms with van der Waals surface area (Å²) in [6.07, 6.45) is 1.07. The van der Waals surface area contributed by atoms with Crippen LogP contribution in [-0.4, -0.2) is 40.8 Å². The Morgan fingerprint density at radius 2 is 2.41 bits per heavy atom. The minimum absolute atomic E-state index is 0.0799. The van der Waals surface area contributed by atoms with Crippen LogP contribution >= 0.6 is 11.3 Å². The van der Waals surface area contributed by atoms with E-state index < -0.39 is 0 Å². The summed E-state index contributed by atoms with van der Waals surface area (Å²) in [5.74, 6) is -0.181. The molecule has 1 aliphatic heterocycles. The maximum atomic E-state index is 11.8. The SMILES string of the molecule is CCN1C(=O)CC(NCCc2cscn2)C1=O. The second-order valence-electron chi connectivity index (χ2n) is 3.92. The topological polar surface area (TPSA) is 62.3 Å². The zero-order valence-electron chi connectivity index (χ0n) is 9.68. The van der Waals surface area contributed by atoms with Gasteiger partial charge in [-0.15, -0.1) is 11.3 Å². The van der Waals surface area contributed by atoms with Crippen LogP contribution in [0.4, 0.5) is 0 Å². The zero-order valence-corrected chi connectivity index (χ0v) is 10.5. The van der Waals surface area contributed by atoms with Crippen molar-refractivity contribution in [1.29, 1.82) is 0 Å². The molecule has 0 saturated carbocycles. The van der Waals surface area contributed by atoms with Crippen LogP contribution < -0.4 is 5.32 Å². The summed E-state index contributed by atoms with van der Waals surface area (Å²) in [6, 6.07) is -0.346. The number of likely N-dealkylation sites (N-methyl/N-ethyl adjacent to an activating group) is 1. The third-order valence-corrected chi connectivity index (χ3v) is 3.45. The number of imide groups is 1. The van der Waals surface area contributed by atoms with Gasteiger partial charge < -0.3 is 5.32 Å². The number of carbonyl (C=O) groups excluding carboxylic acids is 2. The maximum absolute atomic E-state index is 11.8. The standard InChI is InChI=1S/C11H15N3O2S/c1-2-14-10(15)5-9(11(14)16)12-4-3-8-6-17-7-13-8/h6-7,9,12H,2-5H2,1H3. The van der Waals surface area contributed by atoms with Crippen molar-refractivity contribution < 1.29 is 9.59 Å². The van der Waals surface area contributed by atoms with Gasteiger partial charge in [0.05, 0.1) is 23.7 Å². The number of amides is 2. The third kappa shape index (κ3) is 2.70. The second-order valence-corrected chi connectivity index (χ2v) is 4.64. The van der Waals surface area contributed by atoms with E-state index in [9.17, 15) is 9.59 Å². The van der Waals surface area contributed by atoms with Gasteiger partial charge in [-0.05, 0) is 6.92 Å². The van der Waals surface area contributed by atoms with Crippen molar-refractivity contribution in [3.05, 3.63) is 16.6 Å². The van der Waals surface area contributed by atoms with Crippen LogP contribution in [0.2, 0.25) is 0 Å². The summed E-state index contributed by atoms with van der Waals surface area (Å²) >= 11 is 1.56. The minimum atomic E-state index is -0.346. The Hall–Kier alpha value is -1.27. The maximum Gasteiger partial charge on any atom is 0.246 e. The molecular weight excluding hydrogens is 238 g/mol. The van der Waals surface area contributed by atoms with E-state index in [4.69, 9.17) is 0 Å². The molecule has 6 heteroatoms. The fourth-order valence-corrected chi connectivity index (χ4v) is 2.50. The number of hydrogen-bond acceptors (Lipinski definition) is 5.